The Morgan fingerprint density at radius 3 is 2.42 bits per heavy atom. The largest absolute Gasteiger partial charge is 0.108 e. The van der Waals surface area contributed by atoms with Crippen LogP contribution in [0.2, 0.25) is 0 Å². The SMILES string of the molecule is CC(C)CP=CC1(C)CCCC1. The highest BCUT2D eigenvalue weighted by molar-refractivity contribution is 7.38. The van der Waals surface area contributed by atoms with Crippen LogP contribution >= 0.6 is 8.20 Å². The molecule has 1 aliphatic carbocycles. The minimum Gasteiger partial charge on any atom is -0.108 e. The molecule has 0 atom stereocenters. The number of hydrogen-bond donors (Lipinski definition) is 0. The molecule has 0 aromatic rings. The second kappa shape index (κ2) is 4.42. The van der Waals surface area contributed by atoms with E-state index in [1.54, 1.807) is 8.20 Å². The third-order valence-corrected chi connectivity index (χ3v) is 4.37. The van der Waals surface area contributed by atoms with Crippen molar-refractivity contribution in [2.75, 3.05) is 6.16 Å². The Morgan fingerprint density at radius 2 is 1.92 bits per heavy atom. The van der Waals surface area contributed by atoms with Crippen LogP contribution in [0.15, 0.2) is 0 Å². The topological polar surface area (TPSA) is 0 Å². The van der Waals surface area contributed by atoms with Gasteiger partial charge in [-0.1, -0.05) is 39.4 Å². The van der Waals surface area contributed by atoms with Gasteiger partial charge in [-0.15, -0.1) is 8.20 Å². The van der Waals surface area contributed by atoms with Crippen molar-refractivity contribution >= 4 is 14.0 Å². The lowest BCUT2D eigenvalue weighted by Crippen LogP contribution is -2.10. The van der Waals surface area contributed by atoms with Crippen molar-refractivity contribution in [3.63, 3.8) is 0 Å². The van der Waals surface area contributed by atoms with Crippen molar-refractivity contribution < 1.29 is 0 Å². The molecule has 0 amide bonds. The maximum absolute atomic E-state index is 2.56. The Hall–Kier alpha value is 0.170. The van der Waals surface area contributed by atoms with Crippen molar-refractivity contribution in [3.8, 4) is 0 Å². The molecule has 0 N–H and O–H groups in total. The Labute approximate surface area is 78.6 Å². The third-order valence-electron chi connectivity index (χ3n) is 2.62. The van der Waals surface area contributed by atoms with E-state index in [4.69, 9.17) is 0 Å². The van der Waals surface area contributed by atoms with Crippen LogP contribution in [0.5, 0.6) is 0 Å². The molecule has 0 heterocycles. The van der Waals surface area contributed by atoms with Gasteiger partial charge in [-0.05, 0) is 30.3 Å². The highest BCUT2D eigenvalue weighted by Gasteiger charge is 2.25. The van der Waals surface area contributed by atoms with Crippen LogP contribution < -0.4 is 0 Å². The summed E-state index contributed by atoms with van der Waals surface area (Å²) in [6.07, 6.45) is 7.10. The maximum Gasteiger partial charge on any atom is -0.00860 e. The monoisotopic (exact) mass is 184 g/mol. The summed E-state index contributed by atoms with van der Waals surface area (Å²) in [6, 6.07) is 0. The molecule has 1 aliphatic rings. The molecule has 0 saturated heterocycles. The van der Waals surface area contributed by atoms with Crippen molar-refractivity contribution in [3.05, 3.63) is 0 Å². The zero-order valence-corrected chi connectivity index (χ0v) is 9.53. The molecule has 0 aliphatic heterocycles. The highest BCUT2D eigenvalue weighted by Crippen LogP contribution is 2.36. The van der Waals surface area contributed by atoms with Gasteiger partial charge in [-0.2, -0.15) is 0 Å². The molecular weight excluding hydrogens is 163 g/mol. The second-order valence-electron chi connectivity index (χ2n) is 4.75. The lowest BCUT2D eigenvalue weighted by Gasteiger charge is -2.17. The van der Waals surface area contributed by atoms with Gasteiger partial charge in [0, 0.05) is 0 Å². The smallest absolute Gasteiger partial charge is 0.00860 e. The van der Waals surface area contributed by atoms with E-state index in [0.29, 0.717) is 5.41 Å². The molecule has 1 fully saturated rings. The third kappa shape index (κ3) is 3.27. The lowest BCUT2D eigenvalue weighted by atomic mass is 9.92. The first kappa shape index (κ1) is 10.3. The van der Waals surface area contributed by atoms with Gasteiger partial charge in [0.15, 0.2) is 0 Å². The predicted octanol–water partition coefficient (Wildman–Crippen LogP) is 3.97. The van der Waals surface area contributed by atoms with Gasteiger partial charge in [0.25, 0.3) is 0 Å². The van der Waals surface area contributed by atoms with Crippen molar-refractivity contribution in [2.24, 2.45) is 11.3 Å². The molecule has 1 rings (SSSR count). The van der Waals surface area contributed by atoms with Crippen LogP contribution in [0.3, 0.4) is 0 Å². The lowest BCUT2D eigenvalue weighted by molar-refractivity contribution is 0.506. The average molecular weight is 184 g/mol. The first-order valence-corrected chi connectivity index (χ1v) is 6.28. The highest BCUT2D eigenvalue weighted by atomic mass is 31.1. The number of hydrogen-bond acceptors (Lipinski definition) is 0. The van der Waals surface area contributed by atoms with Gasteiger partial charge in [0.05, 0.1) is 0 Å². The molecule has 0 spiro atoms. The van der Waals surface area contributed by atoms with Crippen LogP contribution in [-0.2, 0) is 0 Å². The molecule has 1 saturated carbocycles. The Morgan fingerprint density at radius 1 is 1.33 bits per heavy atom. The quantitative estimate of drug-likeness (QED) is 0.582. The minimum absolute atomic E-state index is 0.594. The molecule has 70 valence electrons. The van der Waals surface area contributed by atoms with E-state index in [1.165, 1.54) is 31.8 Å². The Bertz CT molecular complexity index is 152. The molecule has 0 aromatic heterocycles. The van der Waals surface area contributed by atoms with Gasteiger partial charge in [0.2, 0.25) is 0 Å². The fraction of sp³-hybridized carbons (Fsp3) is 0.909. The normalized spacial score (nSPS) is 22.7. The Balaban J connectivity index is 2.33. The van der Waals surface area contributed by atoms with Crippen LogP contribution in [0, 0.1) is 11.3 Å². The molecule has 0 unspecified atom stereocenters. The van der Waals surface area contributed by atoms with E-state index in [2.05, 4.69) is 26.6 Å². The first-order valence-electron chi connectivity index (χ1n) is 5.13. The van der Waals surface area contributed by atoms with E-state index >= 15 is 0 Å². The summed E-state index contributed by atoms with van der Waals surface area (Å²) in [6.45, 7) is 7.03. The summed E-state index contributed by atoms with van der Waals surface area (Å²) in [5, 5.41) is 0. The summed E-state index contributed by atoms with van der Waals surface area (Å²) in [5.41, 5.74) is 0.594. The number of rotatable bonds is 3. The molecule has 0 radical (unpaired) electrons. The molecule has 0 nitrogen and oxygen atoms in total. The molecule has 0 bridgehead atoms. The van der Waals surface area contributed by atoms with E-state index in [1.807, 2.05) is 0 Å². The van der Waals surface area contributed by atoms with Crippen LogP contribution in [0.1, 0.15) is 46.5 Å². The summed E-state index contributed by atoms with van der Waals surface area (Å²) in [7, 11) is 1.56. The van der Waals surface area contributed by atoms with Crippen molar-refractivity contribution in [1.29, 1.82) is 0 Å². The van der Waals surface area contributed by atoms with Crippen LogP contribution in [-0.4, -0.2) is 12.0 Å². The Kier molecular flexibility index (Phi) is 3.77. The second-order valence-corrected chi connectivity index (χ2v) is 5.74. The molecule has 0 aromatic carbocycles. The van der Waals surface area contributed by atoms with E-state index in [-0.39, 0.29) is 0 Å². The minimum atomic E-state index is 0.594. The fourth-order valence-electron chi connectivity index (χ4n) is 1.80. The molecular formula is C11H21P. The zero-order chi connectivity index (χ0) is 9.03. The van der Waals surface area contributed by atoms with Gasteiger partial charge in [-0.25, -0.2) is 0 Å². The van der Waals surface area contributed by atoms with E-state index in [9.17, 15) is 0 Å². The zero-order valence-electron chi connectivity index (χ0n) is 8.64. The summed E-state index contributed by atoms with van der Waals surface area (Å²) in [5.74, 6) is 3.41. The molecule has 12 heavy (non-hydrogen) atoms. The van der Waals surface area contributed by atoms with Gasteiger partial charge >= 0.3 is 0 Å². The van der Waals surface area contributed by atoms with Crippen LogP contribution in [0.25, 0.3) is 0 Å². The van der Waals surface area contributed by atoms with E-state index in [0.717, 1.165) is 5.92 Å². The van der Waals surface area contributed by atoms with Crippen LogP contribution in [0.4, 0.5) is 0 Å². The fourth-order valence-corrected chi connectivity index (χ4v) is 3.02. The molecule has 1 heteroatoms. The summed E-state index contributed by atoms with van der Waals surface area (Å²) >= 11 is 0. The van der Waals surface area contributed by atoms with Gasteiger partial charge < -0.3 is 0 Å². The maximum atomic E-state index is 2.56. The van der Waals surface area contributed by atoms with E-state index < -0.39 is 0 Å². The standard InChI is InChI=1S/C11H21P/c1-10(2)8-12-9-11(3)6-4-5-7-11/h9-10H,4-8H2,1-3H3. The van der Waals surface area contributed by atoms with Gasteiger partial charge in [0.1, 0.15) is 0 Å². The predicted molar refractivity (Wildman–Crippen MR) is 59.3 cm³/mol. The summed E-state index contributed by atoms with van der Waals surface area (Å²) in [4.78, 5) is 0. The average Bonchev–Trinajstić information content (AvgIpc) is 2.35. The first-order chi connectivity index (χ1) is 5.62. The van der Waals surface area contributed by atoms with Gasteiger partial charge in [-0.3, -0.25) is 0 Å². The summed E-state index contributed by atoms with van der Waals surface area (Å²) < 4.78 is 0. The van der Waals surface area contributed by atoms with Crippen molar-refractivity contribution in [2.45, 2.75) is 46.5 Å². The van der Waals surface area contributed by atoms with Crippen molar-refractivity contribution in [1.82, 2.24) is 0 Å².